The third kappa shape index (κ3) is 4.58. The number of alkyl halides is 3. The minimum Gasteiger partial charge on any atom is -0.493 e. The Labute approximate surface area is 126 Å². The van der Waals surface area contributed by atoms with E-state index < -0.39 is 18.6 Å². The number of methoxy groups -OCH3 is 2. The molecule has 0 saturated heterocycles. The van der Waals surface area contributed by atoms with Gasteiger partial charge in [0, 0.05) is 6.54 Å². The molecule has 22 heavy (non-hydrogen) atoms. The molecule has 0 aliphatic carbocycles. The third-order valence-corrected chi connectivity index (χ3v) is 2.93. The maximum atomic E-state index is 12.5. The molecule has 120 valence electrons. The SMILES string of the molecule is C#CCN(CCc1ccc(OC)c(OC)c1)C(=O)C(F)(F)F. The summed E-state index contributed by atoms with van der Waals surface area (Å²) < 4.78 is 47.6. The molecule has 0 bridgehead atoms. The van der Waals surface area contributed by atoms with Crippen molar-refractivity contribution in [3.8, 4) is 23.8 Å². The second-order valence-electron chi connectivity index (χ2n) is 4.37. The van der Waals surface area contributed by atoms with Crippen LogP contribution in [0.25, 0.3) is 0 Å². The lowest BCUT2D eigenvalue weighted by Gasteiger charge is -2.21. The quantitative estimate of drug-likeness (QED) is 0.756. The van der Waals surface area contributed by atoms with E-state index in [0.717, 1.165) is 0 Å². The van der Waals surface area contributed by atoms with E-state index in [4.69, 9.17) is 15.9 Å². The Hall–Kier alpha value is -2.36. The van der Waals surface area contributed by atoms with Crippen molar-refractivity contribution < 1.29 is 27.4 Å². The number of rotatable bonds is 6. The summed E-state index contributed by atoms with van der Waals surface area (Å²) >= 11 is 0. The van der Waals surface area contributed by atoms with Gasteiger partial charge in [-0.05, 0) is 24.1 Å². The van der Waals surface area contributed by atoms with Crippen LogP contribution in [0.3, 0.4) is 0 Å². The molecule has 1 aromatic rings. The molecule has 0 atom stereocenters. The van der Waals surface area contributed by atoms with Crippen LogP contribution in [0, 0.1) is 12.3 Å². The Kier molecular flexibility index (Phi) is 6.11. The van der Waals surface area contributed by atoms with Crippen molar-refractivity contribution in [3.63, 3.8) is 0 Å². The Morgan fingerprint density at radius 3 is 2.41 bits per heavy atom. The molecule has 1 amide bonds. The molecular weight excluding hydrogens is 299 g/mol. The summed E-state index contributed by atoms with van der Waals surface area (Å²) in [6, 6.07) is 4.98. The van der Waals surface area contributed by atoms with Crippen LogP contribution in [0.15, 0.2) is 18.2 Å². The lowest BCUT2D eigenvalue weighted by atomic mass is 10.1. The first-order valence-corrected chi connectivity index (χ1v) is 6.34. The van der Waals surface area contributed by atoms with Crippen molar-refractivity contribution in [3.05, 3.63) is 23.8 Å². The Morgan fingerprint density at radius 2 is 1.91 bits per heavy atom. The first-order chi connectivity index (χ1) is 10.3. The van der Waals surface area contributed by atoms with Gasteiger partial charge in [0.15, 0.2) is 11.5 Å². The van der Waals surface area contributed by atoms with E-state index in [1.165, 1.54) is 14.2 Å². The third-order valence-electron chi connectivity index (χ3n) is 2.93. The van der Waals surface area contributed by atoms with Crippen LogP contribution in [-0.2, 0) is 11.2 Å². The summed E-state index contributed by atoms with van der Waals surface area (Å²) in [7, 11) is 2.94. The average Bonchev–Trinajstić information content (AvgIpc) is 2.49. The predicted molar refractivity (Wildman–Crippen MR) is 74.7 cm³/mol. The average molecular weight is 315 g/mol. The topological polar surface area (TPSA) is 38.8 Å². The van der Waals surface area contributed by atoms with E-state index in [1.54, 1.807) is 18.2 Å². The Balaban J connectivity index is 2.82. The highest BCUT2D eigenvalue weighted by Crippen LogP contribution is 2.28. The van der Waals surface area contributed by atoms with Gasteiger partial charge in [0.25, 0.3) is 0 Å². The number of carbonyl (C=O) groups is 1. The largest absolute Gasteiger partial charge is 0.493 e. The maximum Gasteiger partial charge on any atom is 0.471 e. The van der Waals surface area contributed by atoms with Gasteiger partial charge in [-0.1, -0.05) is 12.0 Å². The normalized spacial score (nSPS) is 10.7. The van der Waals surface area contributed by atoms with E-state index in [1.807, 2.05) is 0 Å². The number of benzene rings is 1. The van der Waals surface area contributed by atoms with Crippen molar-refractivity contribution in [2.45, 2.75) is 12.6 Å². The van der Waals surface area contributed by atoms with Crippen molar-refractivity contribution in [2.75, 3.05) is 27.3 Å². The standard InChI is InChI=1S/C15H16F3NO3/c1-4-8-19(14(20)15(16,17)18)9-7-11-5-6-12(21-2)13(10-11)22-3/h1,5-6,10H,7-9H2,2-3H3. The second-order valence-corrected chi connectivity index (χ2v) is 4.37. The molecule has 0 aliphatic heterocycles. The fourth-order valence-corrected chi connectivity index (χ4v) is 1.84. The van der Waals surface area contributed by atoms with Gasteiger partial charge in [-0.2, -0.15) is 13.2 Å². The van der Waals surface area contributed by atoms with Gasteiger partial charge in [0.1, 0.15) is 0 Å². The summed E-state index contributed by atoms with van der Waals surface area (Å²) in [5.41, 5.74) is 0.703. The first kappa shape index (κ1) is 17.7. The molecular formula is C15H16F3NO3. The van der Waals surface area contributed by atoms with Gasteiger partial charge in [0.05, 0.1) is 20.8 Å². The summed E-state index contributed by atoms with van der Waals surface area (Å²) in [5, 5.41) is 0. The molecule has 0 fully saturated rings. The number of terminal acetylenes is 1. The fourth-order valence-electron chi connectivity index (χ4n) is 1.84. The molecule has 0 aliphatic rings. The zero-order chi connectivity index (χ0) is 16.8. The van der Waals surface area contributed by atoms with Gasteiger partial charge < -0.3 is 14.4 Å². The summed E-state index contributed by atoms with van der Waals surface area (Å²) in [6.45, 7) is -0.538. The monoisotopic (exact) mass is 315 g/mol. The smallest absolute Gasteiger partial charge is 0.471 e. The molecule has 0 spiro atoms. The lowest BCUT2D eigenvalue weighted by Crippen LogP contribution is -2.42. The minimum atomic E-state index is -4.94. The zero-order valence-electron chi connectivity index (χ0n) is 12.2. The van der Waals surface area contributed by atoms with E-state index in [9.17, 15) is 18.0 Å². The maximum absolute atomic E-state index is 12.5. The van der Waals surface area contributed by atoms with Gasteiger partial charge in [-0.25, -0.2) is 0 Å². The molecule has 1 rings (SSSR count). The molecule has 4 nitrogen and oxygen atoms in total. The highest BCUT2D eigenvalue weighted by molar-refractivity contribution is 5.82. The second kappa shape index (κ2) is 7.59. The van der Waals surface area contributed by atoms with Crippen LogP contribution in [-0.4, -0.2) is 44.3 Å². The summed E-state index contributed by atoms with van der Waals surface area (Å²) in [6.07, 6.45) is 0.291. The molecule has 0 radical (unpaired) electrons. The number of nitrogens with zero attached hydrogens (tertiary/aromatic N) is 1. The minimum absolute atomic E-state index is 0.141. The molecule has 0 aromatic heterocycles. The van der Waals surface area contributed by atoms with E-state index >= 15 is 0 Å². The summed E-state index contributed by atoms with van der Waals surface area (Å²) in [4.78, 5) is 11.9. The van der Waals surface area contributed by atoms with Crippen LogP contribution < -0.4 is 9.47 Å². The summed E-state index contributed by atoms with van der Waals surface area (Å²) in [5.74, 6) is 1.10. The molecule has 0 heterocycles. The van der Waals surface area contributed by atoms with E-state index in [-0.39, 0.29) is 13.0 Å². The van der Waals surface area contributed by atoms with Crippen LogP contribution in [0.4, 0.5) is 13.2 Å². The van der Waals surface area contributed by atoms with Crippen molar-refractivity contribution >= 4 is 5.91 Å². The number of amides is 1. The van der Waals surface area contributed by atoms with Crippen molar-refractivity contribution in [2.24, 2.45) is 0 Å². The Bertz CT molecular complexity index is 564. The van der Waals surface area contributed by atoms with Crippen molar-refractivity contribution in [1.82, 2.24) is 4.90 Å². The highest BCUT2D eigenvalue weighted by atomic mass is 19.4. The fraction of sp³-hybridized carbons (Fsp3) is 0.400. The van der Waals surface area contributed by atoms with Gasteiger partial charge in [-0.15, -0.1) is 6.42 Å². The number of carbonyl (C=O) groups excluding carboxylic acids is 1. The molecule has 0 saturated carbocycles. The van der Waals surface area contributed by atoms with Gasteiger partial charge >= 0.3 is 12.1 Å². The van der Waals surface area contributed by atoms with Crippen LogP contribution in [0.1, 0.15) is 5.56 Å². The van der Waals surface area contributed by atoms with Gasteiger partial charge in [-0.3, -0.25) is 4.79 Å². The molecule has 7 heteroatoms. The predicted octanol–water partition coefficient (Wildman–Crippen LogP) is 2.27. The number of halogens is 3. The Morgan fingerprint density at radius 1 is 1.27 bits per heavy atom. The van der Waals surface area contributed by atoms with E-state index in [2.05, 4.69) is 5.92 Å². The van der Waals surface area contributed by atoms with Crippen LogP contribution in [0.5, 0.6) is 11.5 Å². The zero-order valence-corrected chi connectivity index (χ0v) is 12.2. The van der Waals surface area contributed by atoms with Gasteiger partial charge in [0.2, 0.25) is 0 Å². The first-order valence-electron chi connectivity index (χ1n) is 6.34. The van der Waals surface area contributed by atoms with Crippen LogP contribution in [0.2, 0.25) is 0 Å². The lowest BCUT2D eigenvalue weighted by molar-refractivity contribution is -0.184. The molecule has 0 unspecified atom stereocenters. The van der Waals surface area contributed by atoms with Crippen molar-refractivity contribution in [1.29, 1.82) is 0 Å². The highest BCUT2D eigenvalue weighted by Gasteiger charge is 2.42. The number of hydrogen-bond acceptors (Lipinski definition) is 3. The van der Waals surface area contributed by atoms with Crippen LogP contribution >= 0.6 is 0 Å². The number of hydrogen-bond donors (Lipinski definition) is 0. The molecule has 1 aromatic carbocycles. The molecule has 0 N–H and O–H groups in total. The number of ether oxygens (including phenoxy) is 2. The van der Waals surface area contributed by atoms with E-state index in [0.29, 0.717) is 22.0 Å².